The quantitative estimate of drug-likeness (QED) is 0.831. The Kier molecular flexibility index (Phi) is 4.14. The molecular formula is C11H14NO5P. The Morgan fingerprint density at radius 3 is 2.89 bits per heavy atom. The van der Waals surface area contributed by atoms with Crippen LogP contribution in [0.4, 0.5) is 0 Å². The highest BCUT2D eigenvalue weighted by Crippen LogP contribution is 2.45. The fourth-order valence-corrected chi connectivity index (χ4v) is 2.35. The minimum atomic E-state index is -4.06. The summed E-state index contributed by atoms with van der Waals surface area (Å²) in [6.45, 7) is 1.69. The lowest BCUT2D eigenvalue weighted by atomic mass is 10.1. The molecule has 0 bridgehead atoms. The molecule has 2 rings (SSSR count). The number of hydrogen-bond acceptors (Lipinski definition) is 5. The standard InChI is InChI=1S/C11H14NO5P/c1-2-15-18(13,14)17-11-8-10(12-16-11)9-6-4-3-5-7-9/h3-7,11H,2,8H2,1H3,(H,13,14). The molecule has 0 aliphatic carbocycles. The second kappa shape index (κ2) is 5.63. The largest absolute Gasteiger partial charge is 0.475 e. The topological polar surface area (TPSA) is 77.4 Å². The van der Waals surface area contributed by atoms with E-state index in [2.05, 4.69) is 9.68 Å². The van der Waals surface area contributed by atoms with Gasteiger partial charge in [0.15, 0.2) is 0 Å². The number of benzene rings is 1. The Labute approximate surface area is 105 Å². The van der Waals surface area contributed by atoms with Crippen molar-refractivity contribution in [2.45, 2.75) is 19.6 Å². The molecule has 0 radical (unpaired) electrons. The van der Waals surface area contributed by atoms with E-state index in [-0.39, 0.29) is 6.61 Å². The summed E-state index contributed by atoms with van der Waals surface area (Å²) in [4.78, 5) is 14.3. The van der Waals surface area contributed by atoms with Gasteiger partial charge in [-0.1, -0.05) is 35.5 Å². The first-order chi connectivity index (χ1) is 8.61. The third kappa shape index (κ3) is 3.40. The van der Waals surface area contributed by atoms with E-state index in [0.29, 0.717) is 12.1 Å². The molecule has 0 fully saturated rings. The highest BCUT2D eigenvalue weighted by molar-refractivity contribution is 7.47. The molecule has 6 nitrogen and oxygen atoms in total. The lowest BCUT2D eigenvalue weighted by Gasteiger charge is -2.14. The van der Waals surface area contributed by atoms with Crippen LogP contribution in [0.2, 0.25) is 0 Å². The number of oxime groups is 1. The van der Waals surface area contributed by atoms with Crippen LogP contribution >= 0.6 is 7.82 Å². The van der Waals surface area contributed by atoms with Crippen molar-refractivity contribution in [1.82, 2.24) is 0 Å². The van der Waals surface area contributed by atoms with E-state index < -0.39 is 14.1 Å². The number of phosphoric acid groups is 1. The molecular weight excluding hydrogens is 257 g/mol. The minimum absolute atomic E-state index is 0.0902. The number of hydrogen-bond donors (Lipinski definition) is 1. The normalized spacial score (nSPS) is 22.1. The lowest BCUT2D eigenvalue weighted by molar-refractivity contribution is -0.0744. The molecule has 2 atom stereocenters. The molecule has 0 aromatic heterocycles. The van der Waals surface area contributed by atoms with E-state index >= 15 is 0 Å². The summed E-state index contributed by atoms with van der Waals surface area (Å²) < 4.78 is 20.8. The van der Waals surface area contributed by atoms with Gasteiger partial charge in [0, 0.05) is 0 Å². The molecule has 1 aliphatic heterocycles. The van der Waals surface area contributed by atoms with Crippen LogP contribution in [0.1, 0.15) is 18.9 Å². The molecule has 2 unspecified atom stereocenters. The van der Waals surface area contributed by atoms with E-state index in [9.17, 15) is 9.46 Å². The summed E-state index contributed by atoms with van der Waals surface area (Å²) in [6.07, 6.45) is -0.579. The molecule has 1 N–H and O–H groups in total. The Balaban J connectivity index is 1.94. The molecule has 1 aromatic carbocycles. The summed E-state index contributed by atoms with van der Waals surface area (Å²) in [5.41, 5.74) is 1.57. The zero-order valence-electron chi connectivity index (χ0n) is 9.85. The number of phosphoric ester groups is 1. The molecule has 0 saturated carbocycles. The van der Waals surface area contributed by atoms with E-state index in [4.69, 9.17) is 9.36 Å². The Bertz CT molecular complexity index is 476. The van der Waals surface area contributed by atoms with Gasteiger partial charge in [-0.2, -0.15) is 0 Å². The van der Waals surface area contributed by atoms with Gasteiger partial charge < -0.3 is 9.73 Å². The maximum atomic E-state index is 11.4. The zero-order valence-corrected chi connectivity index (χ0v) is 10.7. The van der Waals surface area contributed by atoms with Crippen LogP contribution in [-0.4, -0.2) is 23.5 Å². The van der Waals surface area contributed by atoms with Gasteiger partial charge in [-0.15, -0.1) is 0 Å². The highest BCUT2D eigenvalue weighted by atomic mass is 31.2. The minimum Gasteiger partial charge on any atom is -0.362 e. The summed E-state index contributed by atoms with van der Waals surface area (Å²) in [7, 11) is -4.06. The van der Waals surface area contributed by atoms with E-state index in [0.717, 1.165) is 5.56 Å². The average molecular weight is 271 g/mol. The predicted octanol–water partition coefficient (Wildman–Crippen LogP) is 2.29. The molecule has 0 amide bonds. The second-order valence-electron chi connectivity index (χ2n) is 3.63. The monoisotopic (exact) mass is 271 g/mol. The molecule has 1 aliphatic rings. The summed E-state index contributed by atoms with van der Waals surface area (Å²) in [6, 6.07) is 9.41. The molecule has 0 saturated heterocycles. The molecule has 7 heteroatoms. The van der Waals surface area contributed by atoms with Crippen molar-refractivity contribution in [3.63, 3.8) is 0 Å². The molecule has 1 aromatic rings. The zero-order chi connectivity index (χ0) is 13.0. The predicted molar refractivity (Wildman–Crippen MR) is 65.0 cm³/mol. The summed E-state index contributed by atoms with van der Waals surface area (Å²) in [5.74, 6) is 0. The third-order valence-corrected chi connectivity index (χ3v) is 3.38. The second-order valence-corrected chi connectivity index (χ2v) is 5.04. The molecule has 0 spiro atoms. The Morgan fingerprint density at radius 2 is 2.22 bits per heavy atom. The van der Waals surface area contributed by atoms with E-state index in [1.807, 2.05) is 30.3 Å². The van der Waals surface area contributed by atoms with Crippen LogP contribution in [0.25, 0.3) is 0 Å². The van der Waals surface area contributed by atoms with Crippen molar-refractivity contribution in [1.29, 1.82) is 0 Å². The smallest absolute Gasteiger partial charge is 0.362 e. The summed E-state index contributed by atoms with van der Waals surface area (Å²) >= 11 is 0. The van der Waals surface area contributed by atoms with Gasteiger partial charge in [-0.25, -0.2) is 9.09 Å². The van der Waals surface area contributed by atoms with Crippen molar-refractivity contribution in [2.75, 3.05) is 6.61 Å². The van der Waals surface area contributed by atoms with Crippen LogP contribution in [0.5, 0.6) is 0 Å². The Morgan fingerprint density at radius 1 is 1.50 bits per heavy atom. The van der Waals surface area contributed by atoms with Gasteiger partial charge in [0.2, 0.25) is 6.29 Å². The average Bonchev–Trinajstić information content (AvgIpc) is 2.77. The van der Waals surface area contributed by atoms with Crippen molar-refractivity contribution in [2.24, 2.45) is 5.16 Å². The van der Waals surface area contributed by atoms with Crippen LogP contribution in [0.3, 0.4) is 0 Å². The maximum absolute atomic E-state index is 11.4. The van der Waals surface area contributed by atoms with Gasteiger partial charge in [0.1, 0.15) is 0 Å². The first kappa shape index (κ1) is 13.2. The SMILES string of the molecule is CCOP(=O)(O)OC1CC(c2ccccc2)=NO1. The van der Waals surface area contributed by atoms with Gasteiger partial charge in [-0.3, -0.25) is 4.52 Å². The number of nitrogens with zero attached hydrogens (tertiary/aromatic N) is 1. The van der Waals surface area contributed by atoms with Gasteiger partial charge >= 0.3 is 7.82 Å². The fraction of sp³-hybridized carbons (Fsp3) is 0.364. The van der Waals surface area contributed by atoms with E-state index in [1.165, 1.54) is 0 Å². The molecule has 18 heavy (non-hydrogen) atoms. The van der Waals surface area contributed by atoms with E-state index in [1.54, 1.807) is 6.92 Å². The van der Waals surface area contributed by atoms with Gasteiger partial charge in [0.25, 0.3) is 0 Å². The molecule has 98 valence electrons. The van der Waals surface area contributed by atoms with Crippen molar-refractivity contribution in [3.8, 4) is 0 Å². The first-order valence-electron chi connectivity index (χ1n) is 5.54. The van der Waals surface area contributed by atoms with Crippen LogP contribution in [0, 0.1) is 0 Å². The number of rotatable bonds is 5. The highest BCUT2D eigenvalue weighted by Gasteiger charge is 2.31. The van der Waals surface area contributed by atoms with Crippen molar-refractivity contribution >= 4 is 13.5 Å². The van der Waals surface area contributed by atoms with Crippen molar-refractivity contribution in [3.05, 3.63) is 35.9 Å². The maximum Gasteiger partial charge on any atom is 0.475 e. The van der Waals surface area contributed by atoms with Crippen LogP contribution < -0.4 is 0 Å². The van der Waals surface area contributed by atoms with Gasteiger partial charge in [0.05, 0.1) is 18.7 Å². The fourth-order valence-electron chi connectivity index (χ4n) is 1.55. The Hall–Kier alpha value is -1.20. The third-order valence-electron chi connectivity index (χ3n) is 2.29. The molecule has 1 heterocycles. The first-order valence-corrected chi connectivity index (χ1v) is 7.04. The van der Waals surface area contributed by atoms with Crippen molar-refractivity contribution < 1.29 is 23.3 Å². The van der Waals surface area contributed by atoms with Gasteiger partial charge in [-0.05, 0) is 12.5 Å². The lowest BCUT2D eigenvalue weighted by Crippen LogP contribution is -2.12. The van der Waals surface area contributed by atoms with Crippen LogP contribution in [-0.2, 0) is 18.5 Å². The van der Waals surface area contributed by atoms with Crippen LogP contribution in [0.15, 0.2) is 35.5 Å². The summed E-state index contributed by atoms with van der Waals surface area (Å²) in [5, 5.41) is 3.84.